The molecule has 0 N–H and O–H groups in total. The molecule has 1 aromatic carbocycles. The van der Waals surface area contributed by atoms with Gasteiger partial charge in [0, 0.05) is 18.0 Å². The first-order valence-electron chi connectivity index (χ1n) is 12.0. The van der Waals surface area contributed by atoms with Crippen molar-refractivity contribution < 1.29 is 13.5 Å². The topological polar surface area (TPSA) is 35.0 Å². The minimum Gasteiger partial charge on any atom is -0.491 e. The van der Waals surface area contributed by atoms with Crippen LogP contribution in [0.4, 0.5) is 8.78 Å². The van der Waals surface area contributed by atoms with Gasteiger partial charge in [-0.1, -0.05) is 58.3 Å². The van der Waals surface area contributed by atoms with Crippen LogP contribution >= 0.6 is 0 Å². The summed E-state index contributed by atoms with van der Waals surface area (Å²) >= 11 is 0. The van der Waals surface area contributed by atoms with Gasteiger partial charge in [-0.15, -0.1) is 0 Å². The number of hydrogen-bond donors (Lipinski definition) is 0. The molecule has 3 nitrogen and oxygen atoms in total. The maximum atomic E-state index is 14.4. The Labute approximate surface area is 186 Å². The zero-order chi connectivity index (χ0) is 22.3. The van der Waals surface area contributed by atoms with Gasteiger partial charge in [-0.05, 0) is 56.4 Å². The van der Waals surface area contributed by atoms with E-state index in [1.165, 1.54) is 44.6 Å². The maximum Gasteiger partial charge on any atom is 0.165 e. The van der Waals surface area contributed by atoms with Crippen LogP contribution in [0.2, 0.25) is 0 Å². The van der Waals surface area contributed by atoms with Crippen molar-refractivity contribution >= 4 is 0 Å². The van der Waals surface area contributed by atoms with Crippen LogP contribution in [0.15, 0.2) is 30.6 Å². The third-order valence-corrected chi connectivity index (χ3v) is 5.47. The predicted molar refractivity (Wildman–Crippen MR) is 124 cm³/mol. The number of ether oxygens (including phenoxy) is 1. The molecule has 0 fully saturated rings. The fourth-order valence-electron chi connectivity index (χ4n) is 3.56. The summed E-state index contributed by atoms with van der Waals surface area (Å²) in [6.07, 6.45) is 15.8. The molecule has 1 heterocycles. The van der Waals surface area contributed by atoms with E-state index in [4.69, 9.17) is 4.74 Å². The molecule has 0 amide bonds. The second kappa shape index (κ2) is 14.9. The number of alkyl halides is 1. The minimum absolute atomic E-state index is 0.283. The van der Waals surface area contributed by atoms with Crippen molar-refractivity contribution in [2.75, 3.05) is 6.61 Å². The number of nitrogens with zero attached hydrogens (tertiary/aromatic N) is 2. The van der Waals surface area contributed by atoms with Crippen molar-refractivity contribution in [2.45, 2.75) is 97.1 Å². The Morgan fingerprint density at radius 3 is 2.23 bits per heavy atom. The van der Waals surface area contributed by atoms with Crippen LogP contribution in [0.3, 0.4) is 0 Å². The third-order valence-electron chi connectivity index (χ3n) is 5.47. The SMILES string of the molecule is CCCCCCCCCCOc1ccc(-c2ncc(CCCCC(C)F)cn2)cc1F. The van der Waals surface area contributed by atoms with Gasteiger partial charge in [-0.2, -0.15) is 0 Å². The van der Waals surface area contributed by atoms with Crippen molar-refractivity contribution in [3.05, 3.63) is 42.0 Å². The number of unbranched alkanes of at least 4 members (excludes halogenated alkanes) is 8. The zero-order valence-corrected chi connectivity index (χ0v) is 19.2. The maximum absolute atomic E-state index is 14.4. The Kier molecular flexibility index (Phi) is 12.1. The van der Waals surface area contributed by atoms with E-state index in [0.29, 0.717) is 24.4 Å². The van der Waals surface area contributed by atoms with Gasteiger partial charge in [-0.25, -0.2) is 18.7 Å². The molecule has 0 aliphatic heterocycles. The molecule has 172 valence electrons. The van der Waals surface area contributed by atoms with Crippen LogP contribution in [-0.2, 0) is 6.42 Å². The molecular weight excluding hydrogens is 394 g/mol. The summed E-state index contributed by atoms with van der Waals surface area (Å²) < 4.78 is 32.9. The normalized spacial score (nSPS) is 12.1. The Bertz CT molecular complexity index is 735. The predicted octanol–water partition coefficient (Wildman–Crippen LogP) is 7.87. The van der Waals surface area contributed by atoms with Crippen LogP contribution in [-0.4, -0.2) is 22.7 Å². The van der Waals surface area contributed by atoms with Crippen LogP contribution in [0.1, 0.15) is 90.0 Å². The van der Waals surface area contributed by atoms with Gasteiger partial charge in [-0.3, -0.25) is 0 Å². The molecule has 0 spiro atoms. The molecule has 1 aromatic heterocycles. The molecule has 0 aliphatic rings. The molecular formula is C26H38F2N2O. The average Bonchev–Trinajstić information content (AvgIpc) is 2.77. The van der Waals surface area contributed by atoms with Crippen molar-refractivity contribution in [3.63, 3.8) is 0 Å². The van der Waals surface area contributed by atoms with E-state index in [2.05, 4.69) is 16.9 Å². The van der Waals surface area contributed by atoms with E-state index in [1.807, 2.05) is 0 Å². The van der Waals surface area contributed by atoms with Crippen LogP contribution < -0.4 is 4.74 Å². The van der Waals surface area contributed by atoms with E-state index in [-0.39, 0.29) is 11.6 Å². The summed E-state index contributed by atoms with van der Waals surface area (Å²) in [5.74, 6) is 0.394. The molecule has 0 aliphatic carbocycles. The molecule has 0 radical (unpaired) electrons. The van der Waals surface area contributed by atoms with Crippen LogP contribution in [0.5, 0.6) is 5.75 Å². The van der Waals surface area contributed by atoms with Crippen molar-refractivity contribution in [1.29, 1.82) is 0 Å². The fourth-order valence-corrected chi connectivity index (χ4v) is 3.56. The van der Waals surface area contributed by atoms with E-state index in [0.717, 1.165) is 37.7 Å². The Morgan fingerprint density at radius 2 is 1.58 bits per heavy atom. The van der Waals surface area contributed by atoms with E-state index in [9.17, 15) is 8.78 Å². The van der Waals surface area contributed by atoms with Crippen LogP contribution in [0, 0.1) is 5.82 Å². The second-order valence-electron chi connectivity index (χ2n) is 8.41. The summed E-state index contributed by atoms with van der Waals surface area (Å²) in [5, 5.41) is 0. The van der Waals surface area contributed by atoms with E-state index < -0.39 is 6.17 Å². The highest BCUT2D eigenvalue weighted by molar-refractivity contribution is 5.56. The molecule has 0 saturated carbocycles. The van der Waals surface area contributed by atoms with Gasteiger partial charge in [0.1, 0.15) is 0 Å². The lowest BCUT2D eigenvalue weighted by Gasteiger charge is -2.09. The van der Waals surface area contributed by atoms with Gasteiger partial charge < -0.3 is 4.74 Å². The highest BCUT2D eigenvalue weighted by Crippen LogP contribution is 2.24. The molecule has 31 heavy (non-hydrogen) atoms. The highest BCUT2D eigenvalue weighted by Gasteiger charge is 2.09. The van der Waals surface area contributed by atoms with E-state index >= 15 is 0 Å². The molecule has 2 aromatic rings. The Hall–Kier alpha value is -2.04. The van der Waals surface area contributed by atoms with Gasteiger partial charge in [0.15, 0.2) is 17.4 Å². The lowest BCUT2D eigenvalue weighted by Crippen LogP contribution is -2.00. The standard InChI is InChI=1S/C26H38F2N2O/c1-3-4-5-6-7-8-9-12-17-31-25-16-15-23(18-24(25)28)26-29-19-22(20-30-26)14-11-10-13-21(2)27/h15-16,18-21H,3-14,17H2,1-2H3. The fraction of sp³-hybridized carbons (Fsp3) is 0.615. The highest BCUT2D eigenvalue weighted by atomic mass is 19.1. The summed E-state index contributed by atoms with van der Waals surface area (Å²) in [4.78, 5) is 8.73. The van der Waals surface area contributed by atoms with Crippen molar-refractivity contribution in [2.24, 2.45) is 0 Å². The van der Waals surface area contributed by atoms with Gasteiger partial charge in [0.25, 0.3) is 0 Å². The Morgan fingerprint density at radius 1 is 0.903 bits per heavy atom. The third kappa shape index (κ3) is 10.2. The number of benzene rings is 1. The molecule has 0 bridgehead atoms. The first kappa shape index (κ1) is 25.2. The summed E-state index contributed by atoms with van der Waals surface area (Å²) in [7, 11) is 0. The molecule has 0 saturated heterocycles. The smallest absolute Gasteiger partial charge is 0.165 e. The number of aromatic nitrogens is 2. The first-order valence-corrected chi connectivity index (χ1v) is 12.0. The minimum atomic E-state index is -0.749. The van der Waals surface area contributed by atoms with Crippen molar-refractivity contribution in [1.82, 2.24) is 9.97 Å². The molecule has 1 unspecified atom stereocenters. The quantitative estimate of drug-likeness (QED) is 0.253. The summed E-state index contributed by atoms with van der Waals surface area (Å²) in [5.41, 5.74) is 1.65. The number of halogens is 2. The Balaban J connectivity index is 1.72. The number of rotatable bonds is 16. The lowest BCUT2D eigenvalue weighted by atomic mass is 10.1. The monoisotopic (exact) mass is 432 g/mol. The largest absolute Gasteiger partial charge is 0.491 e. The summed E-state index contributed by atoms with van der Waals surface area (Å²) in [6.45, 7) is 4.36. The first-order chi connectivity index (χ1) is 15.1. The lowest BCUT2D eigenvalue weighted by molar-refractivity contribution is 0.290. The zero-order valence-electron chi connectivity index (χ0n) is 19.2. The van der Waals surface area contributed by atoms with E-state index in [1.54, 1.807) is 31.5 Å². The molecule has 2 rings (SSSR count). The molecule has 5 heteroatoms. The number of hydrogen-bond acceptors (Lipinski definition) is 3. The second-order valence-corrected chi connectivity index (χ2v) is 8.41. The average molecular weight is 433 g/mol. The number of aryl methyl sites for hydroxylation is 1. The molecule has 1 atom stereocenters. The van der Waals surface area contributed by atoms with Crippen LogP contribution in [0.25, 0.3) is 11.4 Å². The van der Waals surface area contributed by atoms with Gasteiger partial charge in [0.05, 0.1) is 12.8 Å². The van der Waals surface area contributed by atoms with Gasteiger partial charge in [0.2, 0.25) is 0 Å². The summed E-state index contributed by atoms with van der Waals surface area (Å²) in [6, 6.07) is 4.88. The van der Waals surface area contributed by atoms with Crippen molar-refractivity contribution in [3.8, 4) is 17.1 Å². The van der Waals surface area contributed by atoms with Gasteiger partial charge >= 0.3 is 0 Å².